The molecule has 1 rings (SSSR count). The maximum atomic E-state index is 12.5. The van der Waals surface area contributed by atoms with Crippen molar-refractivity contribution in [2.45, 2.75) is 26.3 Å². The fourth-order valence-corrected chi connectivity index (χ4v) is 1.82. The summed E-state index contributed by atoms with van der Waals surface area (Å²) in [5.41, 5.74) is 6.23. The van der Waals surface area contributed by atoms with Crippen LogP contribution >= 0.6 is 12.4 Å². The Hall–Kier alpha value is -1.60. The van der Waals surface area contributed by atoms with Gasteiger partial charge in [0.1, 0.15) is 6.33 Å². The Morgan fingerprint density at radius 2 is 1.77 bits per heavy atom. The average Bonchev–Trinajstić information content (AvgIpc) is 2.50. The zero-order valence-electron chi connectivity index (χ0n) is 13.7. The third-order valence-electron chi connectivity index (χ3n) is 3.38. The molecule has 0 aliphatic rings. The molecule has 2 N–H and O–H groups in total. The van der Waals surface area contributed by atoms with E-state index in [-0.39, 0.29) is 41.7 Å². The van der Waals surface area contributed by atoms with E-state index in [1.807, 2.05) is 0 Å². The Bertz CT molecular complexity index is 463. The van der Waals surface area contributed by atoms with Crippen molar-refractivity contribution in [3.63, 3.8) is 0 Å². The molecule has 0 spiro atoms. The molecule has 0 saturated heterocycles. The van der Waals surface area contributed by atoms with Crippen LogP contribution in [-0.2, 0) is 0 Å². The number of hydrogen-bond donors (Lipinski definition) is 1. The molecule has 126 valence electrons. The molecule has 0 aliphatic carbocycles. The highest BCUT2D eigenvalue weighted by molar-refractivity contribution is 5.98. The van der Waals surface area contributed by atoms with Gasteiger partial charge in [-0.2, -0.15) is 0 Å². The minimum Gasteiger partial charge on any atom is -0.480 e. The number of methoxy groups -OCH3 is 2. The van der Waals surface area contributed by atoms with E-state index in [0.717, 1.165) is 6.42 Å². The predicted molar refractivity (Wildman–Crippen MR) is 86.8 cm³/mol. The van der Waals surface area contributed by atoms with Gasteiger partial charge in [-0.1, -0.05) is 13.8 Å². The molecule has 0 fully saturated rings. The van der Waals surface area contributed by atoms with Crippen LogP contribution in [0.25, 0.3) is 0 Å². The van der Waals surface area contributed by atoms with Crippen molar-refractivity contribution in [1.82, 2.24) is 14.9 Å². The van der Waals surface area contributed by atoms with Crippen LogP contribution in [0.5, 0.6) is 11.8 Å². The Morgan fingerprint density at radius 1 is 1.27 bits per heavy atom. The van der Waals surface area contributed by atoms with E-state index in [1.54, 1.807) is 11.9 Å². The van der Waals surface area contributed by atoms with E-state index in [9.17, 15) is 4.79 Å². The molecule has 7 nitrogen and oxygen atoms in total. The van der Waals surface area contributed by atoms with Gasteiger partial charge in [0.05, 0.1) is 14.2 Å². The van der Waals surface area contributed by atoms with Crippen molar-refractivity contribution >= 4 is 18.3 Å². The lowest BCUT2D eigenvalue weighted by Crippen LogP contribution is -2.35. The van der Waals surface area contributed by atoms with Gasteiger partial charge in [0.2, 0.25) is 11.8 Å². The highest BCUT2D eigenvalue weighted by Gasteiger charge is 2.24. The normalized spacial score (nSPS) is 11.6. The highest BCUT2D eigenvalue weighted by atomic mass is 35.5. The van der Waals surface area contributed by atoms with Crippen molar-refractivity contribution in [1.29, 1.82) is 0 Å². The first-order chi connectivity index (χ1) is 9.92. The molecule has 0 aliphatic heterocycles. The highest BCUT2D eigenvalue weighted by Crippen LogP contribution is 2.24. The van der Waals surface area contributed by atoms with Crippen molar-refractivity contribution in [2.75, 3.05) is 27.8 Å². The molecular weight excluding hydrogens is 308 g/mol. The molecule has 1 atom stereocenters. The van der Waals surface area contributed by atoms with Gasteiger partial charge in [0.15, 0.2) is 5.56 Å². The minimum absolute atomic E-state index is 0. The first-order valence-corrected chi connectivity index (χ1v) is 6.86. The molecule has 1 amide bonds. The number of hydrogen-bond acceptors (Lipinski definition) is 6. The van der Waals surface area contributed by atoms with Gasteiger partial charge in [-0.25, -0.2) is 9.97 Å². The van der Waals surface area contributed by atoms with Crippen LogP contribution in [-0.4, -0.2) is 54.6 Å². The van der Waals surface area contributed by atoms with E-state index in [1.165, 1.54) is 20.5 Å². The molecule has 1 heterocycles. The molecule has 8 heteroatoms. The van der Waals surface area contributed by atoms with Crippen LogP contribution in [0.4, 0.5) is 0 Å². The van der Waals surface area contributed by atoms with Crippen LogP contribution in [0.2, 0.25) is 0 Å². The van der Waals surface area contributed by atoms with Gasteiger partial charge in [-0.3, -0.25) is 4.79 Å². The van der Waals surface area contributed by atoms with Gasteiger partial charge in [-0.15, -0.1) is 12.4 Å². The first kappa shape index (κ1) is 20.4. The molecule has 22 heavy (non-hydrogen) atoms. The summed E-state index contributed by atoms with van der Waals surface area (Å²) in [7, 11) is 4.61. The zero-order valence-corrected chi connectivity index (χ0v) is 14.5. The van der Waals surface area contributed by atoms with E-state index in [2.05, 4.69) is 23.8 Å². The maximum absolute atomic E-state index is 12.5. The molecule has 1 aromatic rings. The Kier molecular flexibility index (Phi) is 8.74. The summed E-state index contributed by atoms with van der Waals surface area (Å²) in [6, 6.07) is 0.0519. The van der Waals surface area contributed by atoms with E-state index in [0.29, 0.717) is 12.5 Å². The molecule has 0 saturated carbocycles. The van der Waals surface area contributed by atoms with Gasteiger partial charge in [0, 0.05) is 19.6 Å². The second-order valence-corrected chi connectivity index (χ2v) is 5.19. The van der Waals surface area contributed by atoms with Crippen LogP contribution in [0.3, 0.4) is 0 Å². The quantitative estimate of drug-likeness (QED) is 0.810. The largest absolute Gasteiger partial charge is 0.480 e. The van der Waals surface area contributed by atoms with E-state index >= 15 is 0 Å². The summed E-state index contributed by atoms with van der Waals surface area (Å²) < 4.78 is 10.2. The summed E-state index contributed by atoms with van der Waals surface area (Å²) in [6.45, 7) is 4.66. The lowest BCUT2D eigenvalue weighted by Gasteiger charge is -2.22. The summed E-state index contributed by atoms with van der Waals surface area (Å²) in [4.78, 5) is 22.0. The third-order valence-corrected chi connectivity index (χ3v) is 3.38. The number of carbonyl (C=O) groups is 1. The second kappa shape index (κ2) is 9.42. The Morgan fingerprint density at radius 3 is 2.18 bits per heavy atom. The summed E-state index contributed by atoms with van der Waals surface area (Å²) in [5, 5.41) is 0. The van der Waals surface area contributed by atoms with Gasteiger partial charge < -0.3 is 20.1 Å². The number of carbonyl (C=O) groups excluding carboxylic acids is 1. The minimum atomic E-state index is -0.250. The smallest absolute Gasteiger partial charge is 0.264 e. The van der Waals surface area contributed by atoms with Crippen LogP contribution in [0, 0.1) is 5.92 Å². The molecule has 0 radical (unpaired) electrons. The van der Waals surface area contributed by atoms with Crippen LogP contribution in [0.1, 0.15) is 30.6 Å². The standard InChI is InChI=1S/C14H24N4O3.ClH/c1-9(2)10(15)6-7-18(3)14(19)11-12(20-4)16-8-17-13(11)21-5;/h8-10H,6-7,15H2,1-5H3;1H. The summed E-state index contributed by atoms with van der Waals surface area (Å²) in [5.74, 6) is 0.525. The number of halogens is 1. The maximum Gasteiger partial charge on any atom is 0.264 e. The first-order valence-electron chi connectivity index (χ1n) is 6.86. The van der Waals surface area contributed by atoms with Gasteiger partial charge >= 0.3 is 0 Å². The van der Waals surface area contributed by atoms with Crippen molar-refractivity contribution in [3.05, 3.63) is 11.9 Å². The Labute approximate surface area is 137 Å². The van der Waals surface area contributed by atoms with Crippen LogP contribution < -0.4 is 15.2 Å². The summed E-state index contributed by atoms with van der Waals surface area (Å²) >= 11 is 0. The van der Waals surface area contributed by atoms with Crippen LogP contribution in [0.15, 0.2) is 6.33 Å². The predicted octanol–water partition coefficient (Wildman–Crippen LogP) is 1.36. The molecule has 1 aromatic heterocycles. The average molecular weight is 333 g/mol. The number of rotatable bonds is 7. The number of nitrogens with zero attached hydrogens (tertiary/aromatic N) is 3. The fourth-order valence-electron chi connectivity index (χ4n) is 1.82. The SMILES string of the molecule is COc1ncnc(OC)c1C(=O)N(C)CCC(N)C(C)C.Cl. The molecular formula is C14H25ClN4O3. The third kappa shape index (κ3) is 4.99. The van der Waals surface area contributed by atoms with E-state index in [4.69, 9.17) is 15.2 Å². The number of aromatic nitrogens is 2. The van der Waals surface area contributed by atoms with E-state index < -0.39 is 0 Å². The second-order valence-electron chi connectivity index (χ2n) is 5.19. The summed E-state index contributed by atoms with van der Waals surface area (Å²) in [6.07, 6.45) is 2.02. The molecule has 0 aromatic carbocycles. The number of nitrogens with two attached hydrogens (primary N) is 1. The van der Waals surface area contributed by atoms with Crippen molar-refractivity contribution in [3.8, 4) is 11.8 Å². The topological polar surface area (TPSA) is 90.6 Å². The number of amides is 1. The van der Waals surface area contributed by atoms with Gasteiger partial charge in [0.25, 0.3) is 5.91 Å². The monoisotopic (exact) mass is 332 g/mol. The Balaban J connectivity index is 0.00000441. The fraction of sp³-hybridized carbons (Fsp3) is 0.643. The lowest BCUT2D eigenvalue weighted by atomic mass is 10.0. The zero-order chi connectivity index (χ0) is 16.0. The van der Waals surface area contributed by atoms with Gasteiger partial charge in [-0.05, 0) is 12.3 Å². The number of ether oxygens (including phenoxy) is 2. The van der Waals surface area contributed by atoms with Crippen molar-refractivity contribution in [2.24, 2.45) is 11.7 Å². The molecule has 1 unspecified atom stereocenters. The lowest BCUT2D eigenvalue weighted by molar-refractivity contribution is 0.0780. The van der Waals surface area contributed by atoms with Crippen molar-refractivity contribution < 1.29 is 14.3 Å². The molecule has 0 bridgehead atoms.